The summed E-state index contributed by atoms with van der Waals surface area (Å²) in [5, 5.41) is 0. The number of fused-ring (bicyclic) bond motifs is 3. The average molecular weight is 284 g/mol. The fraction of sp³-hybridized carbons (Fsp3) is 0.375. The molecule has 2 aromatic rings. The van der Waals surface area contributed by atoms with E-state index in [-0.39, 0.29) is 0 Å². The summed E-state index contributed by atoms with van der Waals surface area (Å²) in [4.78, 5) is 11.2. The minimum absolute atomic E-state index is 0.436. The summed E-state index contributed by atoms with van der Waals surface area (Å²) in [7, 11) is 1.95. The predicted molar refractivity (Wildman–Crippen MR) is 83.4 cm³/mol. The Morgan fingerprint density at radius 2 is 2.05 bits per heavy atom. The first kappa shape index (κ1) is 13.8. The minimum atomic E-state index is -0.436. The molecule has 21 heavy (non-hydrogen) atoms. The van der Waals surface area contributed by atoms with Gasteiger partial charge in [0.1, 0.15) is 11.4 Å². The molecule has 0 amide bonds. The van der Waals surface area contributed by atoms with Crippen molar-refractivity contribution in [1.29, 1.82) is 0 Å². The molecular weight excluding hydrogens is 264 g/mol. The van der Waals surface area contributed by atoms with Crippen molar-refractivity contribution >= 4 is 5.95 Å². The maximum atomic E-state index is 6.08. The minimum Gasteiger partial charge on any atom is -0.482 e. The topological polar surface area (TPSA) is 64.3 Å². The number of likely N-dealkylation sites (N-methyl/N-ethyl adjacent to an activating group) is 1. The third-order valence-electron chi connectivity index (χ3n) is 3.74. The molecule has 1 aromatic heterocycles. The van der Waals surface area contributed by atoms with Gasteiger partial charge in [0.25, 0.3) is 0 Å². The SMILES string of the molecule is CN(CCN)c1ncc2c(n1)-c1ccccc1OC2(C)C. The van der Waals surface area contributed by atoms with Crippen LogP contribution in [0.4, 0.5) is 5.95 Å². The van der Waals surface area contributed by atoms with Gasteiger partial charge in [-0.2, -0.15) is 0 Å². The number of rotatable bonds is 3. The number of benzene rings is 1. The highest BCUT2D eigenvalue weighted by Crippen LogP contribution is 2.43. The van der Waals surface area contributed by atoms with E-state index in [0.29, 0.717) is 12.5 Å². The molecule has 3 rings (SSSR count). The fourth-order valence-electron chi connectivity index (χ4n) is 2.58. The number of nitrogens with zero attached hydrogens (tertiary/aromatic N) is 3. The number of anilines is 1. The molecular formula is C16H20N4O. The summed E-state index contributed by atoms with van der Waals surface area (Å²) in [5.41, 5.74) is 8.13. The molecule has 0 fully saturated rings. The zero-order valence-corrected chi connectivity index (χ0v) is 12.6. The largest absolute Gasteiger partial charge is 0.482 e. The number of ether oxygens (including phenoxy) is 1. The lowest BCUT2D eigenvalue weighted by atomic mass is 9.91. The Balaban J connectivity index is 2.15. The summed E-state index contributed by atoms with van der Waals surface area (Å²) in [6, 6.07) is 7.98. The second kappa shape index (κ2) is 5.00. The van der Waals surface area contributed by atoms with E-state index in [1.54, 1.807) is 0 Å². The van der Waals surface area contributed by atoms with Gasteiger partial charge in [0, 0.05) is 37.5 Å². The Bertz CT molecular complexity index is 669. The van der Waals surface area contributed by atoms with E-state index in [0.717, 1.165) is 29.1 Å². The lowest BCUT2D eigenvalue weighted by Crippen LogP contribution is -2.32. The summed E-state index contributed by atoms with van der Waals surface area (Å²) in [6.07, 6.45) is 1.86. The van der Waals surface area contributed by atoms with Gasteiger partial charge in [0.15, 0.2) is 0 Å². The van der Waals surface area contributed by atoms with Crippen LogP contribution in [0.5, 0.6) is 5.75 Å². The van der Waals surface area contributed by atoms with Crippen molar-refractivity contribution in [2.75, 3.05) is 25.0 Å². The summed E-state index contributed by atoms with van der Waals surface area (Å²) in [5.74, 6) is 1.55. The van der Waals surface area contributed by atoms with E-state index in [1.165, 1.54) is 0 Å². The van der Waals surface area contributed by atoms with Crippen LogP contribution in [0, 0.1) is 0 Å². The van der Waals surface area contributed by atoms with Crippen LogP contribution in [0.3, 0.4) is 0 Å². The number of aromatic nitrogens is 2. The molecule has 5 nitrogen and oxygen atoms in total. The van der Waals surface area contributed by atoms with E-state index in [1.807, 2.05) is 56.3 Å². The molecule has 0 spiro atoms. The maximum Gasteiger partial charge on any atom is 0.225 e. The van der Waals surface area contributed by atoms with Gasteiger partial charge in [-0.05, 0) is 26.0 Å². The van der Waals surface area contributed by atoms with Crippen LogP contribution >= 0.6 is 0 Å². The summed E-state index contributed by atoms with van der Waals surface area (Å²) in [6.45, 7) is 5.37. The monoisotopic (exact) mass is 284 g/mol. The number of para-hydroxylation sites is 1. The molecule has 1 aromatic carbocycles. The first-order valence-corrected chi connectivity index (χ1v) is 7.10. The lowest BCUT2D eigenvalue weighted by Gasteiger charge is -2.34. The van der Waals surface area contributed by atoms with Crippen molar-refractivity contribution in [1.82, 2.24) is 9.97 Å². The van der Waals surface area contributed by atoms with Gasteiger partial charge in [0.05, 0.1) is 5.69 Å². The Labute approximate surface area is 124 Å². The summed E-state index contributed by atoms with van der Waals surface area (Å²) >= 11 is 0. The van der Waals surface area contributed by atoms with Crippen LogP contribution in [-0.2, 0) is 5.60 Å². The molecule has 0 atom stereocenters. The van der Waals surface area contributed by atoms with E-state index in [4.69, 9.17) is 15.5 Å². The third-order valence-corrected chi connectivity index (χ3v) is 3.74. The van der Waals surface area contributed by atoms with Crippen molar-refractivity contribution in [2.45, 2.75) is 19.4 Å². The lowest BCUT2D eigenvalue weighted by molar-refractivity contribution is 0.105. The average Bonchev–Trinajstić information content (AvgIpc) is 2.46. The number of hydrogen-bond acceptors (Lipinski definition) is 5. The van der Waals surface area contributed by atoms with Gasteiger partial charge in [-0.15, -0.1) is 0 Å². The van der Waals surface area contributed by atoms with Crippen molar-refractivity contribution in [2.24, 2.45) is 5.73 Å². The molecule has 0 aliphatic carbocycles. The quantitative estimate of drug-likeness (QED) is 0.935. The van der Waals surface area contributed by atoms with Gasteiger partial charge < -0.3 is 15.4 Å². The van der Waals surface area contributed by atoms with E-state index in [9.17, 15) is 0 Å². The van der Waals surface area contributed by atoms with Crippen LogP contribution < -0.4 is 15.4 Å². The van der Waals surface area contributed by atoms with Crippen molar-refractivity contribution < 1.29 is 4.74 Å². The predicted octanol–water partition coefficient (Wildman–Crippen LogP) is 2.17. The van der Waals surface area contributed by atoms with Gasteiger partial charge in [-0.3, -0.25) is 0 Å². The Morgan fingerprint density at radius 1 is 1.29 bits per heavy atom. The number of nitrogens with two attached hydrogens (primary N) is 1. The molecule has 2 heterocycles. The first-order valence-electron chi connectivity index (χ1n) is 7.10. The van der Waals surface area contributed by atoms with Gasteiger partial charge in [-0.25, -0.2) is 9.97 Å². The second-order valence-corrected chi connectivity index (χ2v) is 5.75. The molecule has 0 saturated carbocycles. The molecule has 110 valence electrons. The van der Waals surface area contributed by atoms with Gasteiger partial charge >= 0.3 is 0 Å². The van der Waals surface area contributed by atoms with Crippen molar-refractivity contribution in [3.05, 3.63) is 36.0 Å². The molecule has 0 saturated heterocycles. The standard InChI is InChI=1S/C16H20N4O/c1-16(2)12-10-18-15(20(3)9-8-17)19-14(12)11-6-4-5-7-13(11)21-16/h4-7,10H,8-9,17H2,1-3H3. The fourth-order valence-corrected chi connectivity index (χ4v) is 2.58. The van der Waals surface area contributed by atoms with Crippen LogP contribution in [0.15, 0.2) is 30.5 Å². The van der Waals surface area contributed by atoms with Crippen LogP contribution in [-0.4, -0.2) is 30.1 Å². The normalized spacial score (nSPS) is 14.9. The second-order valence-electron chi connectivity index (χ2n) is 5.75. The molecule has 1 aliphatic rings. The highest BCUT2D eigenvalue weighted by Gasteiger charge is 2.34. The summed E-state index contributed by atoms with van der Waals surface area (Å²) < 4.78 is 6.08. The zero-order chi connectivity index (χ0) is 15.0. The van der Waals surface area contributed by atoms with Crippen LogP contribution in [0.25, 0.3) is 11.3 Å². The molecule has 0 unspecified atom stereocenters. The van der Waals surface area contributed by atoms with E-state index in [2.05, 4.69) is 4.98 Å². The van der Waals surface area contributed by atoms with Gasteiger partial charge in [-0.1, -0.05) is 12.1 Å². The highest BCUT2D eigenvalue weighted by molar-refractivity contribution is 5.73. The zero-order valence-electron chi connectivity index (χ0n) is 12.6. The van der Waals surface area contributed by atoms with E-state index < -0.39 is 5.60 Å². The van der Waals surface area contributed by atoms with Crippen LogP contribution in [0.2, 0.25) is 0 Å². The van der Waals surface area contributed by atoms with Crippen molar-refractivity contribution in [3.8, 4) is 17.0 Å². The molecule has 1 aliphatic heterocycles. The maximum absolute atomic E-state index is 6.08. The molecule has 0 radical (unpaired) electrons. The third kappa shape index (κ3) is 2.34. The Morgan fingerprint density at radius 3 is 2.81 bits per heavy atom. The molecule has 0 bridgehead atoms. The first-order chi connectivity index (χ1) is 10.0. The van der Waals surface area contributed by atoms with Crippen molar-refractivity contribution in [3.63, 3.8) is 0 Å². The molecule has 2 N–H and O–H groups in total. The highest BCUT2D eigenvalue weighted by atomic mass is 16.5. The van der Waals surface area contributed by atoms with Gasteiger partial charge in [0.2, 0.25) is 5.95 Å². The van der Waals surface area contributed by atoms with E-state index >= 15 is 0 Å². The Kier molecular flexibility index (Phi) is 3.29. The number of hydrogen-bond donors (Lipinski definition) is 1. The molecule has 5 heteroatoms. The van der Waals surface area contributed by atoms with Crippen LogP contribution in [0.1, 0.15) is 19.4 Å². The smallest absolute Gasteiger partial charge is 0.225 e. The Hall–Kier alpha value is -2.14.